The van der Waals surface area contributed by atoms with Crippen LogP contribution in [0, 0.1) is 5.41 Å². The van der Waals surface area contributed by atoms with Crippen LogP contribution < -0.4 is 10.6 Å². The number of nitrogens with one attached hydrogen (secondary N) is 2. The van der Waals surface area contributed by atoms with Gasteiger partial charge in [0.2, 0.25) is 5.91 Å². The van der Waals surface area contributed by atoms with Gasteiger partial charge in [-0.3, -0.25) is 14.4 Å². The van der Waals surface area contributed by atoms with E-state index in [1.165, 1.54) is 5.56 Å². The average molecular weight is 528 g/mol. The number of unbranched alkanes of at least 4 members (excludes halogenated alkanes) is 1. The van der Waals surface area contributed by atoms with Crippen LogP contribution in [0.2, 0.25) is 0 Å². The molecule has 1 aliphatic carbocycles. The first-order chi connectivity index (χ1) is 17.6. The van der Waals surface area contributed by atoms with Gasteiger partial charge in [-0.2, -0.15) is 0 Å². The zero-order chi connectivity index (χ0) is 28.5. The molecular weight excluding hydrogens is 478 g/mol. The van der Waals surface area contributed by atoms with Crippen molar-refractivity contribution in [2.75, 3.05) is 6.54 Å². The molecule has 3 N–H and O–H groups in total. The molecule has 7 heteroatoms. The standard InChI is InChI=1S/C31H49N3O4/c1-9-10-11-20-12-13-21(18-23(20)29(2,3)4)26(35)32-24-16-17-34(27(24)36)25-15-14-22(33-30(5,6)7)19-31(25,8)28(37)38/h12-13,18,22,24-25,33H,9-11,14-17,19H2,1-8H3,(H,32,35)(H,37,38)/t22-,24?,25+,31-/m1/s1. The number of hydrogen-bond acceptors (Lipinski definition) is 4. The number of aliphatic carboxylic acids is 1. The van der Waals surface area contributed by atoms with E-state index in [1.807, 2.05) is 12.1 Å². The number of carboxylic acids is 1. The van der Waals surface area contributed by atoms with E-state index in [-0.39, 0.29) is 28.8 Å². The van der Waals surface area contributed by atoms with E-state index in [2.05, 4.69) is 65.2 Å². The van der Waals surface area contributed by atoms with E-state index < -0.39 is 23.5 Å². The number of amides is 2. The minimum atomic E-state index is -1.05. The molecule has 1 aliphatic heterocycles. The third-order valence-electron chi connectivity index (χ3n) is 8.22. The number of nitrogens with zero attached hydrogens (tertiary/aromatic N) is 1. The lowest BCUT2D eigenvalue weighted by molar-refractivity contribution is -0.158. The van der Waals surface area contributed by atoms with E-state index in [0.29, 0.717) is 31.4 Å². The maximum Gasteiger partial charge on any atom is 0.311 e. The Morgan fingerprint density at radius 2 is 1.79 bits per heavy atom. The SMILES string of the molecule is CCCCc1ccc(C(=O)NC2CCN([C@H]3CC[C@@H](NC(C)(C)C)C[C@@]3(C)C(=O)O)C2=O)cc1C(C)(C)C. The van der Waals surface area contributed by atoms with E-state index in [0.717, 1.165) is 31.2 Å². The average Bonchev–Trinajstić information content (AvgIpc) is 3.15. The van der Waals surface area contributed by atoms with Gasteiger partial charge in [0.05, 0.1) is 5.41 Å². The lowest BCUT2D eigenvalue weighted by atomic mass is 9.68. The van der Waals surface area contributed by atoms with Gasteiger partial charge in [0.15, 0.2) is 0 Å². The molecule has 2 fully saturated rings. The molecule has 0 aromatic heterocycles. The number of aryl methyl sites for hydroxylation is 1. The number of rotatable bonds is 8. The quantitative estimate of drug-likeness (QED) is 0.439. The van der Waals surface area contributed by atoms with Crippen molar-refractivity contribution in [3.05, 3.63) is 34.9 Å². The van der Waals surface area contributed by atoms with Crippen LogP contribution in [0.25, 0.3) is 0 Å². The van der Waals surface area contributed by atoms with E-state index in [1.54, 1.807) is 11.8 Å². The van der Waals surface area contributed by atoms with Gasteiger partial charge < -0.3 is 20.6 Å². The second kappa shape index (κ2) is 11.4. The van der Waals surface area contributed by atoms with Crippen molar-refractivity contribution in [1.82, 2.24) is 15.5 Å². The second-order valence-corrected chi connectivity index (χ2v) is 13.7. The van der Waals surface area contributed by atoms with Crippen LogP contribution in [-0.4, -0.2) is 58.0 Å². The number of carbonyl (C=O) groups excluding carboxylic acids is 2. The van der Waals surface area contributed by atoms with Crippen molar-refractivity contribution in [1.29, 1.82) is 0 Å². The van der Waals surface area contributed by atoms with Crippen molar-refractivity contribution in [2.45, 2.75) is 129 Å². The molecule has 1 saturated heterocycles. The third kappa shape index (κ3) is 6.77. The number of carboxylic acid groups (broad SMARTS) is 1. The van der Waals surface area contributed by atoms with Gasteiger partial charge in [0.1, 0.15) is 6.04 Å². The summed E-state index contributed by atoms with van der Waals surface area (Å²) in [4.78, 5) is 41.0. The Morgan fingerprint density at radius 3 is 2.37 bits per heavy atom. The van der Waals surface area contributed by atoms with Crippen LogP contribution in [0.4, 0.5) is 0 Å². The molecule has 7 nitrogen and oxygen atoms in total. The first-order valence-corrected chi connectivity index (χ1v) is 14.3. The van der Waals surface area contributed by atoms with Crippen molar-refractivity contribution < 1.29 is 19.5 Å². The molecule has 1 aromatic rings. The minimum absolute atomic E-state index is 0.0814. The van der Waals surface area contributed by atoms with E-state index in [9.17, 15) is 19.5 Å². The Balaban J connectivity index is 1.74. The Hall–Kier alpha value is -2.41. The van der Waals surface area contributed by atoms with Gasteiger partial charge in [0, 0.05) is 29.7 Å². The normalized spacial score (nSPS) is 26.5. The Labute approximate surface area is 229 Å². The largest absolute Gasteiger partial charge is 0.481 e. The molecule has 38 heavy (non-hydrogen) atoms. The fourth-order valence-electron chi connectivity index (χ4n) is 6.28. The van der Waals surface area contributed by atoms with Gasteiger partial charge in [0.25, 0.3) is 5.91 Å². The van der Waals surface area contributed by atoms with Crippen LogP contribution >= 0.6 is 0 Å². The molecule has 0 radical (unpaired) electrons. The summed E-state index contributed by atoms with van der Waals surface area (Å²) in [5.41, 5.74) is 1.73. The topological polar surface area (TPSA) is 98.7 Å². The first kappa shape index (κ1) is 30.1. The van der Waals surface area contributed by atoms with Crippen LogP contribution in [0.3, 0.4) is 0 Å². The van der Waals surface area contributed by atoms with Crippen LogP contribution in [0.1, 0.15) is 115 Å². The molecule has 0 spiro atoms. The summed E-state index contributed by atoms with van der Waals surface area (Å²) in [5, 5.41) is 16.7. The number of likely N-dealkylation sites (tertiary alicyclic amines) is 1. The van der Waals surface area contributed by atoms with E-state index >= 15 is 0 Å². The summed E-state index contributed by atoms with van der Waals surface area (Å²) in [7, 11) is 0. The van der Waals surface area contributed by atoms with Gasteiger partial charge in [-0.15, -0.1) is 0 Å². The fourth-order valence-corrected chi connectivity index (χ4v) is 6.28. The van der Waals surface area contributed by atoms with Gasteiger partial charge in [-0.1, -0.05) is 40.2 Å². The maximum atomic E-state index is 13.5. The monoisotopic (exact) mass is 527 g/mol. The summed E-state index contributed by atoms with van der Waals surface area (Å²) in [6.07, 6.45) is 5.58. The van der Waals surface area contributed by atoms with Crippen LogP contribution in [0.15, 0.2) is 18.2 Å². The molecule has 2 amide bonds. The summed E-state index contributed by atoms with van der Waals surface area (Å²) in [5.74, 6) is -1.30. The predicted molar refractivity (Wildman–Crippen MR) is 151 cm³/mol. The van der Waals surface area contributed by atoms with Crippen LogP contribution in [-0.2, 0) is 21.4 Å². The summed E-state index contributed by atoms with van der Waals surface area (Å²) in [6, 6.07) is 4.94. The van der Waals surface area contributed by atoms with Gasteiger partial charge in [-0.25, -0.2) is 0 Å². The highest BCUT2D eigenvalue weighted by Crippen LogP contribution is 2.41. The highest BCUT2D eigenvalue weighted by atomic mass is 16.4. The Kier molecular flexibility index (Phi) is 9.02. The molecule has 212 valence electrons. The number of carbonyl (C=O) groups is 3. The molecule has 4 atom stereocenters. The summed E-state index contributed by atoms with van der Waals surface area (Å²) >= 11 is 0. The van der Waals surface area contributed by atoms with Crippen molar-refractivity contribution >= 4 is 17.8 Å². The zero-order valence-electron chi connectivity index (χ0n) is 24.7. The van der Waals surface area contributed by atoms with Crippen molar-refractivity contribution in [3.63, 3.8) is 0 Å². The Bertz CT molecular complexity index is 1040. The highest BCUT2D eigenvalue weighted by molar-refractivity contribution is 5.98. The minimum Gasteiger partial charge on any atom is -0.481 e. The van der Waals surface area contributed by atoms with Gasteiger partial charge >= 0.3 is 5.97 Å². The molecule has 1 saturated carbocycles. The predicted octanol–water partition coefficient (Wildman–Crippen LogP) is 5.06. The van der Waals surface area contributed by atoms with Gasteiger partial charge in [-0.05, 0) is 94.9 Å². The molecule has 3 rings (SSSR count). The van der Waals surface area contributed by atoms with E-state index in [4.69, 9.17) is 0 Å². The summed E-state index contributed by atoms with van der Waals surface area (Å²) in [6.45, 7) is 17.1. The Morgan fingerprint density at radius 1 is 1.11 bits per heavy atom. The third-order valence-corrected chi connectivity index (χ3v) is 8.22. The second-order valence-electron chi connectivity index (χ2n) is 13.7. The van der Waals surface area contributed by atoms with Crippen LogP contribution in [0.5, 0.6) is 0 Å². The molecule has 1 heterocycles. The molecule has 1 unspecified atom stereocenters. The highest BCUT2D eigenvalue weighted by Gasteiger charge is 2.52. The lowest BCUT2D eigenvalue weighted by Crippen LogP contribution is -2.59. The molecule has 1 aromatic carbocycles. The summed E-state index contributed by atoms with van der Waals surface area (Å²) < 4.78 is 0. The maximum absolute atomic E-state index is 13.5. The smallest absolute Gasteiger partial charge is 0.311 e. The fraction of sp³-hybridized carbons (Fsp3) is 0.710. The van der Waals surface area contributed by atoms with Crippen molar-refractivity contribution in [3.8, 4) is 0 Å². The number of benzene rings is 1. The molecular formula is C31H49N3O4. The van der Waals surface area contributed by atoms with Crippen molar-refractivity contribution in [2.24, 2.45) is 5.41 Å². The zero-order valence-corrected chi connectivity index (χ0v) is 24.7. The molecule has 2 aliphatic rings. The number of hydrogen-bond donors (Lipinski definition) is 3. The first-order valence-electron chi connectivity index (χ1n) is 14.3. The lowest BCUT2D eigenvalue weighted by Gasteiger charge is -2.47. The molecule has 0 bridgehead atoms.